The second-order valence-corrected chi connectivity index (χ2v) is 7.25. The van der Waals surface area contributed by atoms with Crippen molar-refractivity contribution in [3.63, 3.8) is 0 Å². The fourth-order valence-corrected chi connectivity index (χ4v) is 3.21. The average molecular weight is 415 g/mol. The van der Waals surface area contributed by atoms with Gasteiger partial charge in [-0.2, -0.15) is 0 Å². The fourth-order valence-electron chi connectivity index (χ4n) is 3.21. The van der Waals surface area contributed by atoms with Crippen molar-refractivity contribution in [2.75, 3.05) is 7.05 Å². The largest absolute Gasteiger partial charge is 0.444 e. The predicted molar refractivity (Wildman–Crippen MR) is 121 cm³/mol. The maximum atomic E-state index is 5.62. The molecule has 2 aromatic carbocycles. The normalized spacial score (nSPS) is 11.5. The van der Waals surface area contributed by atoms with Crippen molar-refractivity contribution in [3.05, 3.63) is 95.9 Å². The topological polar surface area (TPSA) is 80.3 Å². The molecule has 0 radical (unpaired) electrons. The highest BCUT2D eigenvalue weighted by molar-refractivity contribution is 5.79. The van der Waals surface area contributed by atoms with Crippen molar-refractivity contribution in [3.8, 4) is 11.5 Å². The maximum absolute atomic E-state index is 5.62. The summed E-state index contributed by atoms with van der Waals surface area (Å²) >= 11 is 0. The van der Waals surface area contributed by atoms with Crippen molar-refractivity contribution in [1.29, 1.82) is 0 Å². The molecule has 2 N–H and O–H groups in total. The van der Waals surface area contributed by atoms with Crippen LogP contribution in [0.3, 0.4) is 0 Å². The van der Waals surface area contributed by atoms with Crippen LogP contribution in [-0.4, -0.2) is 27.5 Å². The first-order valence-electron chi connectivity index (χ1n) is 10.2. The first kappa shape index (κ1) is 20.4. The summed E-state index contributed by atoms with van der Waals surface area (Å²) < 4.78 is 7.75. The molecule has 2 aromatic heterocycles. The van der Waals surface area contributed by atoms with Gasteiger partial charge in [0.1, 0.15) is 12.1 Å². The zero-order valence-corrected chi connectivity index (χ0v) is 17.7. The SMILES string of the molecule is CN=C(NCc1coc(-c2ccc(C)cc2)n1)NCc1nccn1Cc1ccccc1. The Morgan fingerprint density at radius 1 is 1.03 bits per heavy atom. The Hall–Kier alpha value is -3.87. The van der Waals surface area contributed by atoms with E-state index in [1.165, 1.54) is 11.1 Å². The minimum absolute atomic E-state index is 0.507. The van der Waals surface area contributed by atoms with E-state index in [-0.39, 0.29) is 0 Å². The fraction of sp³-hybridized carbons (Fsp3) is 0.208. The van der Waals surface area contributed by atoms with Crippen LogP contribution in [0.1, 0.15) is 22.6 Å². The Balaban J connectivity index is 1.31. The molecule has 7 nitrogen and oxygen atoms in total. The molecule has 0 aliphatic heterocycles. The molecule has 31 heavy (non-hydrogen) atoms. The number of aryl methyl sites for hydroxylation is 1. The number of nitrogens with one attached hydrogen (secondary N) is 2. The number of rotatable bonds is 7. The van der Waals surface area contributed by atoms with Gasteiger partial charge in [-0.05, 0) is 24.6 Å². The second kappa shape index (κ2) is 9.75. The van der Waals surface area contributed by atoms with Gasteiger partial charge < -0.3 is 19.6 Å². The first-order chi connectivity index (χ1) is 15.2. The average Bonchev–Trinajstić information content (AvgIpc) is 3.45. The third-order valence-electron chi connectivity index (χ3n) is 4.92. The molecule has 0 fully saturated rings. The van der Waals surface area contributed by atoms with Gasteiger partial charge in [0.15, 0.2) is 5.96 Å². The number of hydrogen-bond donors (Lipinski definition) is 2. The Bertz CT molecular complexity index is 1130. The maximum Gasteiger partial charge on any atom is 0.226 e. The van der Waals surface area contributed by atoms with Crippen LogP contribution in [0.5, 0.6) is 0 Å². The van der Waals surface area contributed by atoms with Gasteiger partial charge in [-0.15, -0.1) is 0 Å². The van der Waals surface area contributed by atoms with E-state index in [0.717, 1.165) is 23.6 Å². The van der Waals surface area contributed by atoms with E-state index in [1.54, 1.807) is 13.3 Å². The van der Waals surface area contributed by atoms with Gasteiger partial charge in [0.05, 0.1) is 18.8 Å². The lowest BCUT2D eigenvalue weighted by Gasteiger charge is -2.12. The van der Waals surface area contributed by atoms with Crippen molar-refractivity contribution in [2.45, 2.75) is 26.6 Å². The molecule has 0 bridgehead atoms. The Kier molecular flexibility index (Phi) is 6.42. The molecule has 0 aliphatic carbocycles. The van der Waals surface area contributed by atoms with Crippen molar-refractivity contribution >= 4 is 5.96 Å². The third kappa shape index (κ3) is 5.39. The molecule has 4 aromatic rings. The summed E-state index contributed by atoms with van der Waals surface area (Å²) in [5, 5.41) is 6.58. The first-order valence-corrected chi connectivity index (χ1v) is 10.2. The van der Waals surface area contributed by atoms with Crippen molar-refractivity contribution in [1.82, 2.24) is 25.2 Å². The zero-order valence-electron chi connectivity index (χ0n) is 17.7. The minimum atomic E-state index is 0.507. The van der Waals surface area contributed by atoms with Crippen LogP contribution in [0.2, 0.25) is 0 Å². The minimum Gasteiger partial charge on any atom is -0.444 e. The molecule has 0 aliphatic rings. The van der Waals surface area contributed by atoms with E-state index in [1.807, 2.05) is 54.9 Å². The summed E-state index contributed by atoms with van der Waals surface area (Å²) in [5.41, 5.74) is 4.21. The summed E-state index contributed by atoms with van der Waals surface area (Å²) in [4.78, 5) is 13.3. The highest BCUT2D eigenvalue weighted by Gasteiger charge is 2.09. The van der Waals surface area contributed by atoms with Crippen molar-refractivity contribution < 1.29 is 4.42 Å². The number of oxazole rings is 1. The number of guanidine groups is 1. The number of nitrogens with zero attached hydrogens (tertiary/aromatic N) is 4. The van der Waals surface area contributed by atoms with E-state index in [2.05, 4.69) is 49.2 Å². The molecule has 4 rings (SSSR count). The highest BCUT2D eigenvalue weighted by atomic mass is 16.3. The zero-order chi connectivity index (χ0) is 21.5. The number of aliphatic imine (C=N–C) groups is 1. The van der Waals surface area contributed by atoms with Crippen LogP contribution < -0.4 is 10.6 Å². The van der Waals surface area contributed by atoms with Crippen LogP contribution in [0, 0.1) is 6.92 Å². The summed E-state index contributed by atoms with van der Waals surface area (Å²) in [7, 11) is 1.74. The van der Waals surface area contributed by atoms with Crippen LogP contribution in [0.15, 0.2) is 82.7 Å². The summed E-state index contributed by atoms with van der Waals surface area (Å²) in [6.45, 7) is 3.91. The third-order valence-corrected chi connectivity index (χ3v) is 4.92. The predicted octanol–water partition coefficient (Wildman–Crippen LogP) is 3.76. The van der Waals surface area contributed by atoms with Gasteiger partial charge in [-0.1, -0.05) is 48.0 Å². The Morgan fingerprint density at radius 3 is 2.58 bits per heavy atom. The van der Waals surface area contributed by atoms with Gasteiger partial charge in [-0.25, -0.2) is 9.97 Å². The van der Waals surface area contributed by atoms with Gasteiger partial charge in [0.2, 0.25) is 5.89 Å². The van der Waals surface area contributed by atoms with Crippen LogP contribution in [0.25, 0.3) is 11.5 Å². The van der Waals surface area contributed by atoms with Gasteiger partial charge in [0, 0.05) is 31.5 Å². The van der Waals surface area contributed by atoms with Crippen LogP contribution in [-0.2, 0) is 19.6 Å². The molecule has 0 amide bonds. The molecule has 0 atom stereocenters. The van der Waals surface area contributed by atoms with Crippen LogP contribution in [0.4, 0.5) is 0 Å². The molecule has 7 heteroatoms. The Labute approximate surface area is 181 Å². The highest BCUT2D eigenvalue weighted by Crippen LogP contribution is 2.19. The summed E-state index contributed by atoms with van der Waals surface area (Å²) in [6.07, 6.45) is 5.47. The van der Waals surface area contributed by atoms with E-state index < -0.39 is 0 Å². The Morgan fingerprint density at radius 2 is 1.81 bits per heavy atom. The molecule has 0 unspecified atom stereocenters. The lowest BCUT2D eigenvalue weighted by atomic mass is 10.1. The van der Waals surface area contributed by atoms with E-state index in [4.69, 9.17) is 4.42 Å². The van der Waals surface area contributed by atoms with E-state index in [0.29, 0.717) is 24.9 Å². The van der Waals surface area contributed by atoms with Crippen LogP contribution >= 0.6 is 0 Å². The number of imidazole rings is 1. The summed E-state index contributed by atoms with van der Waals surface area (Å²) in [5.74, 6) is 2.23. The lowest BCUT2D eigenvalue weighted by Crippen LogP contribution is -2.37. The standard InChI is InChI=1S/C24H26N6O/c1-18-8-10-20(11-9-18)23-29-21(17-31-23)14-27-24(25-2)28-15-22-26-12-13-30(22)16-19-6-4-3-5-7-19/h3-13,17H,14-16H2,1-2H3,(H2,25,27,28). The number of hydrogen-bond acceptors (Lipinski definition) is 4. The quantitative estimate of drug-likeness (QED) is 0.356. The van der Waals surface area contributed by atoms with E-state index in [9.17, 15) is 0 Å². The smallest absolute Gasteiger partial charge is 0.226 e. The number of aromatic nitrogens is 3. The molecule has 2 heterocycles. The molecular weight excluding hydrogens is 388 g/mol. The molecule has 0 spiro atoms. The van der Waals surface area contributed by atoms with E-state index >= 15 is 0 Å². The lowest BCUT2D eigenvalue weighted by molar-refractivity contribution is 0.572. The van der Waals surface area contributed by atoms with Gasteiger partial charge >= 0.3 is 0 Å². The molecule has 0 saturated carbocycles. The monoisotopic (exact) mass is 414 g/mol. The number of benzene rings is 2. The van der Waals surface area contributed by atoms with Gasteiger partial charge in [-0.3, -0.25) is 4.99 Å². The van der Waals surface area contributed by atoms with Gasteiger partial charge in [0.25, 0.3) is 0 Å². The molecular formula is C24H26N6O. The molecule has 158 valence electrons. The second-order valence-electron chi connectivity index (χ2n) is 7.25. The molecule has 0 saturated heterocycles. The summed E-state index contributed by atoms with van der Waals surface area (Å²) in [6, 6.07) is 18.5. The van der Waals surface area contributed by atoms with Crippen molar-refractivity contribution in [2.24, 2.45) is 4.99 Å².